The topological polar surface area (TPSA) is 89.8 Å². The standard InChI is InChI=1S/C12H17NO4/c1-3-12(2,7-14)13-11(17)8-4-5-9(15)10(16)6-8/h4-6,14-16H,3,7H2,1-2H3,(H,13,17). The highest BCUT2D eigenvalue weighted by molar-refractivity contribution is 5.95. The first-order valence-electron chi connectivity index (χ1n) is 5.37. The fourth-order valence-electron chi connectivity index (χ4n) is 1.25. The molecule has 5 nitrogen and oxygen atoms in total. The molecule has 1 aromatic rings. The molecule has 0 radical (unpaired) electrons. The predicted molar refractivity (Wildman–Crippen MR) is 63.0 cm³/mol. The monoisotopic (exact) mass is 239 g/mol. The number of hydrogen-bond acceptors (Lipinski definition) is 4. The fraction of sp³-hybridized carbons (Fsp3) is 0.417. The van der Waals surface area contributed by atoms with Gasteiger partial charge in [0.25, 0.3) is 5.91 Å². The zero-order valence-corrected chi connectivity index (χ0v) is 9.90. The summed E-state index contributed by atoms with van der Waals surface area (Å²) in [6.45, 7) is 3.41. The van der Waals surface area contributed by atoms with Gasteiger partial charge in [0.2, 0.25) is 0 Å². The van der Waals surface area contributed by atoms with Gasteiger partial charge in [0, 0.05) is 5.56 Å². The van der Waals surface area contributed by atoms with Crippen molar-refractivity contribution in [3.63, 3.8) is 0 Å². The molecular formula is C12H17NO4. The van der Waals surface area contributed by atoms with Crippen molar-refractivity contribution >= 4 is 5.91 Å². The third-order valence-electron chi connectivity index (χ3n) is 2.78. The second-order valence-corrected chi connectivity index (χ2v) is 4.23. The number of amides is 1. The number of nitrogens with one attached hydrogen (secondary N) is 1. The van der Waals surface area contributed by atoms with Crippen molar-refractivity contribution in [3.05, 3.63) is 23.8 Å². The summed E-state index contributed by atoms with van der Waals surface area (Å²) in [4.78, 5) is 11.8. The quantitative estimate of drug-likeness (QED) is 0.590. The number of phenolic OH excluding ortho intramolecular Hbond substituents is 2. The molecule has 17 heavy (non-hydrogen) atoms. The summed E-state index contributed by atoms with van der Waals surface area (Å²) in [5.41, 5.74) is -0.460. The van der Waals surface area contributed by atoms with E-state index in [1.807, 2.05) is 6.92 Å². The number of rotatable bonds is 4. The molecule has 1 unspecified atom stereocenters. The van der Waals surface area contributed by atoms with Crippen LogP contribution in [0.2, 0.25) is 0 Å². The van der Waals surface area contributed by atoms with Crippen LogP contribution >= 0.6 is 0 Å². The predicted octanol–water partition coefficient (Wildman–Crippen LogP) is 0.989. The van der Waals surface area contributed by atoms with Gasteiger partial charge in [-0.2, -0.15) is 0 Å². The zero-order chi connectivity index (χ0) is 13.1. The minimum Gasteiger partial charge on any atom is -0.504 e. The van der Waals surface area contributed by atoms with Gasteiger partial charge in [0.1, 0.15) is 0 Å². The lowest BCUT2D eigenvalue weighted by Gasteiger charge is -2.27. The van der Waals surface area contributed by atoms with Crippen molar-refractivity contribution in [1.82, 2.24) is 5.32 Å². The van der Waals surface area contributed by atoms with Crippen molar-refractivity contribution in [1.29, 1.82) is 0 Å². The van der Waals surface area contributed by atoms with E-state index in [1.165, 1.54) is 18.2 Å². The van der Waals surface area contributed by atoms with Crippen molar-refractivity contribution in [3.8, 4) is 11.5 Å². The van der Waals surface area contributed by atoms with Crippen LogP contribution in [0.25, 0.3) is 0 Å². The molecule has 0 spiro atoms. The minimum atomic E-state index is -0.690. The molecule has 1 aromatic carbocycles. The maximum absolute atomic E-state index is 11.8. The van der Waals surface area contributed by atoms with Crippen LogP contribution in [0.4, 0.5) is 0 Å². The molecule has 5 heteroatoms. The fourth-order valence-corrected chi connectivity index (χ4v) is 1.25. The smallest absolute Gasteiger partial charge is 0.251 e. The van der Waals surface area contributed by atoms with Crippen LogP contribution in [0.3, 0.4) is 0 Å². The Kier molecular flexibility index (Phi) is 3.96. The number of carbonyl (C=O) groups is 1. The highest BCUT2D eigenvalue weighted by Crippen LogP contribution is 2.25. The van der Waals surface area contributed by atoms with Gasteiger partial charge >= 0.3 is 0 Å². The van der Waals surface area contributed by atoms with Gasteiger partial charge in [-0.25, -0.2) is 0 Å². The Morgan fingerprint density at radius 1 is 1.35 bits per heavy atom. The summed E-state index contributed by atoms with van der Waals surface area (Å²) in [6.07, 6.45) is 0.583. The van der Waals surface area contributed by atoms with Crippen LogP contribution in [-0.4, -0.2) is 33.4 Å². The number of hydrogen-bond donors (Lipinski definition) is 4. The van der Waals surface area contributed by atoms with E-state index in [1.54, 1.807) is 6.92 Å². The van der Waals surface area contributed by atoms with Gasteiger partial charge in [-0.05, 0) is 31.5 Å². The van der Waals surface area contributed by atoms with Crippen molar-refractivity contribution in [2.24, 2.45) is 0 Å². The third kappa shape index (κ3) is 3.10. The molecule has 0 saturated carbocycles. The highest BCUT2D eigenvalue weighted by Gasteiger charge is 2.24. The van der Waals surface area contributed by atoms with E-state index in [2.05, 4.69) is 5.32 Å². The van der Waals surface area contributed by atoms with Crippen molar-refractivity contribution < 1.29 is 20.1 Å². The van der Waals surface area contributed by atoms with Gasteiger partial charge in [-0.15, -0.1) is 0 Å². The lowest BCUT2D eigenvalue weighted by Crippen LogP contribution is -2.48. The third-order valence-corrected chi connectivity index (χ3v) is 2.78. The Hall–Kier alpha value is -1.75. The molecule has 0 heterocycles. The normalized spacial score (nSPS) is 14.1. The Morgan fingerprint density at radius 2 is 2.00 bits per heavy atom. The van der Waals surface area contributed by atoms with Crippen molar-refractivity contribution in [2.45, 2.75) is 25.8 Å². The van der Waals surface area contributed by atoms with Crippen LogP contribution in [0.5, 0.6) is 11.5 Å². The molecule has 1 amide bonds. The van der Waals surface area contributed by atoms with E-state index >= 15 is 0 Å². The number of aliphatic hydroxyl groups excluding tert-OH is 1. The number of aliphatic hydroxyl groups is 1. The number of benzene rings is 1. The Bertz CT molecular complexity index is 413. The van der Waals surface area contributed by atoms with Crippen LogP contribution in [0.15, 0.2) is 18.2 Å². The summed E-state index contributed by atoms with van der Waals surface area (Å²) in [7, 11) is 0. The van der Waals surface area contributed by atoms with Gasteiger partial charge in [-0.1, -0.05) is 6.92 Å². The Balaban J connectivity index is 2.86. The SMILES string of the molecule is CCC(C)(CO)NC(=O)c1ccc(O)c(O)c1. The lowest BCUT2D eigenvalue weighted by molar-refractivity contribution is 0.0847. The molecule has 0 aromatic heterocycles. The lowest BCUT2D eigenvalue weighted by atomic mass is 9.99. The first-order chi connectivity index (χ1) is 7.91. The van der Waals surface area contributed by atoms with Crippen LogP contribution in [0, 0.1) is 0 Å². The summed E-state index contributed by atoms with van der Waals surface area (Å²) < 4.78 is 0. The second-order valence-electron chi connectivity index (χ2n) is 4.23. The molecule has 4 N–H and O–H groups in total. The molecule has 0 saturated heterocycles. The van der Waals surface area contributed by atoms with Crippen LogP contribution in [-0.2, 0) is 0 Å². The van der Waals surface area contributed by atoms with E-state index in [0.29, 0.717) is 6.42 Å². The van der Waals surface area contributed by atoms with Gasteiger partial charge in [0.15, 0.2) is 11.5 Å². The van der Waals surface area contributed by atoms with Crippen LogP contribution in [0.1, 0.15) is 30.6 Å². The first-order valence-corrected chi connectivity index (χ1v) is 5.37. The molecule has 1 rings (SSSR count). The van der Waals surface area contributed by atoms with E-state index in [-0.39, 0.29) is 23.7 Å². The van der Waals surface area contributed by atoms with E-state index < -0.39 is 11.4 Å². The van der Waals surface area contributed by atoms with Gasteiger partial charge < -0.3 is 20.6 Å². The molecule has 1 atom stereocenters. The molecular weight excluding hydrogens is 222 g/mol. The van der Waals surface area contributed by atoms with Gasteiger partial charge in [0.05, 0.1) is 12.1 Å². The maximum atomic E-state index is 11.8. The van der Waals surface area contributed by atoms with E-state index in [9.17, 15) is 15.0 Å². The Morgan fingerprint density at radius 3 is 2.47 bits per heavy atom. The molecule has 0 bridgehead atoms. The summed E-state index contributed by atoms with van der Waals surface area (Å²) in [5, 5.41) is 30.3. The summed E-state index contributed by atoms with van der Waals surface area (Å²) in [6, 6.07) is 3.82. The van der Waals surface area contributed by atoms with Gasteiger partial charge in [-0.3, -0.25) is 4.79 Å². The Labute approximate surface area is 99.7 Å². The average Bonchev–Trinajstić information content (AvgIpc) is 2.32. The number of phenols is 2. The number of aromatic hydroxyl groups is 2. The average molecular weight is 239 g/mol. The maximum Gasteiger partial charge on any atom is 0.251 e. The largest absolute Gasteiger partial charge is 0.504 e. The van der Waals surface area contributed by atoms with Crippen LogP contribution < -0.4 is 5.32 Å². The first kappa shape index (κ1) is 13.3. The van der Waals surface area contributed by atoms with Crippen molar-refractivity contribution in [2.75, 3.05) is 6.61 Å². The molecule has 94 valence electrons. The summed E-state index contributed by atoms with van der Waals surface area (Å²) in [5.74, 6) is -1.03. The molecule has 0 fully saturated rings. The highest BCUT2D eigenvalue weighted by atomic mass is 16.3. The minimum absolute atomic E-state index is 0.167. The molecule has 0 aliphatic heterocycles. The summed E-state index contributed by atoms with van der Waals surface area (Å²) >= 11 is 0. The molecule has 0 aliphatic rings. The molecule has 0 aliphatic carbocycles. The number of carbonyl (C=O) groups excluding carboxylic acids is 1. The second kappa shape index (κ2) is 5.05. The van der Waals surface area contributed by atoms with E-state index in [4.69, 9.17) is 5.11 Å². The zero-order valence-electron chi connectivity index (χ0n) is 9.90. The van der Waals surface area contributed by atoms with E-state index in [0.717, 1.165) is 0 Å².